The fourth-order valence-electron chi connectivity index (χ4n) is 0.922. The van der Waals surface area contributed by atoms with E-state index in [9.17, 15) is 4.79 Å². The van der Waals surface area contributed by atoms with Crippen molar-refractivity contribution in [3.63, 3.8) is 0 Å². The molecule has 0 fully saturated rings. The van der Waals surface area contributed by atoms with Crippen molar-refractivity contribution < 1.29 is 9.15 Å². The highest BCUT2D eigenvalue weighted by atomic mass is 16.5. The van der Waals surface area contributed by atoms with E-state index in [1.54, 1.807) is 20.1 Å². The second kappa shape index (κ2) is 3.34. The lowest BCUT2D eigenvalue weighted by Gasteiger charge is -1.97. The van der Waals surface area contributed by atoms with Crippen LogP contribution in [0.4, 0.5) is 0 Å². The lowest BCUT2D eigenvalue weighted by Crippen LogP contribution is -2.01. The second-order valence-electron chi connectivity index (χ2n) is 2.33. The normalized spacial score (nSPS) is 10.0. The van der Waals surface area contributed by atoms with Crippen LogP contribution in [0.25, 0.3) is 0 Å². The van der Waals surface area contributed by atoms with Crippen LogP contribution in [-0.4, -0.2) is 7.11 Å². The monoisotopic (exact) mass is 154 g/mol. The van der Waals surface area contributed by atoms with Gasteiger partial charge in [-0.1, -0.05) is 0 Å². The first kappa shape index (κ1) is 8.01. The molecule has 0 N–H and O–H groups in total. The van der Waals surface area contributed by atoms with Crippen molar-refractivity contribution in [2.45, 2.75) is 13.5 Å². The topological polar surface area (TPSA) is 39.4 Å². The van der Waals surface area contributed by atoms with Crippen LogP contribution in [0.1, 0.15) is 11.3 Å². The maximum absolute atomic E-state index is 10.8. The standard InChI is InChI=1S/C8H10O3/c1-6-3-7(5-10-2)4-8(9)11-6/h3-4H,5H2,1-2H3. The predicted molar refractivity (Wildman–Crippen MR) is 40.4 cm³/mol. The molecule has 0 atom stereocenters. The van der Waals surface area contributed by atoms with Crippen molar-refractivity contribution >= 4 is 0 Å². The zero-order chi connectivity index (χ0) is 8.27. The maximum atomic E-state index is 10.8. The third kappa shape index (κ3) is 2.20. The number of rotatable bonds is 2. The molecule has 0 aromatic carbocycles. The molecule has 3 heteroatoms. The van der Waals surface area contributed by atoms with Crippen LogP contribution in [0, 0.1) is 6.92 Å². The molecule has 0 amide bonds. The van der Waals surface area contributed by atoms with Gasteiger partial charge in [-0.15, -0.1) is 0 Å². The molecule has 0 spiro atoms. The molecule has 0 unspecified atom stereocenters. The first-order chi connectivity index (χ1) is 5.22. The Labute approximate surface area is 64.6 Å². The minimum Gasteiger partial charge on any atom is -0.428 e. The fourth-order valence-corrected chi connectivity index (χ4v) is 0.922. The van der Waals surface area contributed by atoms with Crippen molar-refractivity contribution in [1.82, 2.24) is 0 Å². The summed E-state index contributed by atoms with van der Waals surface area (Å²) in [5.74, 6) is 0.615. The van der Waals surface area contributed by atoms with Crippen molar-refractivity contribution in [1.29, 1.82) is 0 Å². The van der Waals surface area contributed by atoms with E-state index in [1.807, 2.05) is 0 Å². The quantitative estimate of drug-likeness (QED) is 0.640. The van der Waals surface area contributed by atoms with Crippen LogP contribution < -0.4 is 5.63 Å². The van der Waals surface area contributed by atoms with E-state index in [0.29, 0.717) is 12.4 Å². The molecule has 0 aliphatic heterocycles. The summed E-state index contributed by atoms with van der Waals surface area (Å²) < 4.78 is 9.61. The van der Waals surface area contributed by atoms with Crippen LogP contribution in [0.3, 0.4) is 0 Å². The van der Waals surface area contributed by atoms with Crippen molar-refractivity contribution in [3.8, 4) is 0 Å². The third-order valence-electron chi connectivity index (χ3n) is 1.26. The highest BCUT2D eigenvalue weighted by Gasteiger charge is 1.95. The first-order valence-corrected chi connectivity index (χ1v) is 3.32. The largest absolute Gasteiger partial charge is 0.428 e. The number of ether oxygens (including phenoxy) is 1. The molecule has 0 radical (unpaired) electrons. The summed E-state index contributed by atoms with van der Waals surface area (Å²) in [4.78, 5) is 10.8. The Balaban J connectivity index is 2.99. The molecule has 60 valence electrons. The summed E-state index contributed by atoms with van der Waals surface area (Å²) in [6, 6.07) is 3.21. The molecule has 11 heavy (non-hydrogen) atoms. The Morgan fingerprint density at radius 3 is 2.82 bits per heavy atom. The van der Waals surface area contributed by atoms with E-state index in [4.69, 9.17) is 9.15 Å². The van der Waals surface area contributed by atoms with Gasteiger partial charge in [-0.25, -0.2) is 4.79 Å². The van der Waals surface area contributed by atoms with Gasteiger partial charge < -0.3 is 9.15 Å². The molecule has 0 aliphatic carbocycles. The number of hydrogen-bond acceptors (Lipinski definition) is 3. The van der Waals surface area contributed by atoms with Gasteiger partial charge in [0, 0.05) is 13.2 Å². The van der Waals surface area contributed by atoms with Crippen LogP contribution in [0.5, 0.6) is 0 Å². The molecule has 0 aliphatic rings. The molecule has 1 heterocycles. The molecule has 0 saturated heterocycles. The zero-order valence-corrected chi connectivity index (χ0v) is 6.59. The van der Waals surface area contributed by atoms with E-state index in [-0.39, 0.29) is 5.63 Å². The summed E-state index contributed by atoms with van der Waals surface area (Å²) in [5.41, 5.74) is 0.526. The molecule has 0 saturated carbocycles. The summed E-state index contributed by atoms with van der Waals surface area (Å²) in [6.45, 7) is 2.19. The molecule has 3 nitrogen and oxygen atoms in total. The summed E-state index contributed by atoms with van der Waals surface area (Å²) in [7, 11) is 1.59. The van der Waals surface area contributed by atoms with E-state index >= 15 is 0 Å². The van der Waals surface area contributed by atoms with Crippen molar-refractivity contribution in [3.05, 3.63) is 33.9 Å². The molecule has 0 bridgehead atoms. The Morgan fingerprint density at radius 1 is 1.55 bits per heavy atom. The number of aryl methyl sites for hydroxylation is 1. The van der Waals surface area contributed by atoms with Crippen LogP contribution in [-0.2, 0) is 11.3 Å². The number of hydrogen-bond donors (Lipinski definition) is 0. The van der Waals surface area contributed by atoms with Gasteiger partial charge in [0.1, 0.15) is 5.76 Å². The average Bonchev–Trinajstić information content (AvgIpc) is 1.85. The SMILES string of the molecule is COCc1cc(C)oc(=O)c1. The zero-order valence-electron chi connectivity index (χ0n) is 6.59. The first-order valence-electron chi connectivity index (χ1n) is 3.32. The average molecular weight is 154 g/mol. The van der Waals surface area contributed by atoms with Crippen LogP contribution >= 0.6 is 0 Å². The van der Waals surface area contributed by atoms with E-state index < -0.39 is 0 Å². The number of methoxy groups -OCH3 is 1. The van der Waals surface area contributed by atoms with Crippen LogP contribution in [0.2, 0.25) is 0 Å². The predicted octanol–water partition coefficient (Wildman–Crippen LogP) is 1.09. The Hall–Kier alpha value is -1.09. The lowest BCUT2D eigenvalue weighted by molar-refractivity contribution is 0.184. The van der Waals surface area contributed by atoms with Crippen LogP contribution in [0.15, 0.2) is 21.3 Å². The van der Waals surface area contributed by atoms with Gasteiger partial charge in [-0.3, -0.25) is 0 Å². The van der Waals surface area contributed by atoms with Gasteiger partial charge in [0.15, 0.2) is 0 Å². The highest BCUT2D eigenvalue weighted by Crippen LogP contribution is 2.00. The Morgan fingerprint density at radius 2 is 2.27 bits per heavy atom. The summed E-state index contributed by atoms with van der Waals surface area (Å²) in [5, 5.41) is 0. The maximum Gasteiger partial charge on any atom is 0.336 e. The van der Waals surface area contributed by atoms with E-state index in [1.165, 1.54) is 6.07 Å². The van der Waals surface area contributed by atoms with Crippen molar-refractivity contribution in [2.75, 3.05) is 7.11 Å². The third-order valence-corrected chi connectivity index (χ3v) is 1.26. The molecule has 1 aromatic heterocycles. The summed E-state index contributed by atoms with van der Waals surface area (Å²) in [6.07, 6.45) is 0. The Kier molecular flexibility index (Phi) is 2.44. The van der Waals surface area contributed by atoms with E-state index in [2.05, 4.69) is 0 Å². The lowest BCUT2D eigenvalue weighted by atomic mass is 10.2. The highest BCUT2D eigenvalue weighted by molar-refractivity contribution is 5.11. The smallest absolute Gasteiger partial charge is 0.336 e. The molecular weight excluding hydrogens is 144 g/mol. The van der Waals surface area contributed by atoms with Gasteiger partial charge in [0.05, 0.1) is 6.61 Å². The van der Waals surface area contributed by atoms with Crippen molar-refractivity contribution in [2.24, 2.45) is 0 Å². The molecule has 1 aromatic rings. The molecule has 1 rings (SSSR count). The van der Waals surface area contributed by atoms with Gasteiger partial charge in [-0.2, -0.15) is 0 Å². The second-order valence-corrected chi connectivity index (χ2v) is 2.33. The Bertz CT molecular complexity index is 288. The summed E-state index contributed by atoms with van der Waals surface area (Å²) >= 11 is 0. The van der Waals surface area contributed by atoms with Gasteiger partial charge in [-0.05, 0) is 18.6 Å². The minimum absolute atomic E-state index is 0.322. The molecular formula is C8H10O3. The minimum atomic E-state index is -0.322. The van der Waals surface area contributed by atoms with Gasteiger partial charge in [0.25, 0.3) is 0 Å². The van der Waals surface area contributed by atoms with E-state index in [0.717, 1.165) is 5.56 Å². The fraction of sp³-hybridized carbons (Fsp3) is 0.375. The van der Waals surface area contributed by atoms with Gasteiger partial charge >= 0.3 is 5.63 Å². The van der Waals surface area contributed by atoms with Gasteiger partial charge in [0.2, 0.25) is 0 Å².